The highest BCUT2D eigenvalue weighted by molar-refractivity contribution is 7.98. The van der Waals surface area contributed by atoms with Gasteiger partial charge >= 0.3 is 0 Å². The van der Waals surface area contributed by atoms with Gasteiger partial charge in [-0.15, -0.1) is 11.3 Å². The zero-order valence-corrected chi connectivity index (χ0v) is 18.1. The highest BCUT2D eigenvalue weighted by atomic mass is 32.2. The van der Waals surface area contributed by atoms with Crippen LogP contribution in [0.2, 0.25) is 0 Å². The molecule has 0 atom stereocenters. The normalized spacial score (nSPS) is 10.8. The maximum absolute atomic E-state index is 12.4. The van der Waals surface area contributed by atoms with Crippen molar-refractivity contribution in [1.29, 1.82) is 0 Å². The van der Waals surface area contributed by atoms with Gasteiger partial charge in [0, 0.05) is 59.9 Å². The summed E-state index contributed by atoms with van der Waals surface area (Å²) in [5, 5.41) is 7.05. The molecule has 152 valence electrons. The van der Waals surface area contributed by atoms with Gasteiger partial charge in [-0.25, -0.2) is 9.97 Å². The largest absolute Gasteiger partial charge is 0.352 e. The quantitative estimate of drug-likeness (QED) is 0.326. The van der Waals surface area contributed by atoms with Crippen LogP contribution in [0.1, 0.15) is 21.8 Å². The summed E-state index contributed by atoms with van der Waals surface area (Å²) in [7, 11) is 0. The van der Waals surface area contributed by atoms with Gasteiger partial charge in [0.15, 0.2) is 5.16 Å². The first kappa shape index (κ1) is 20.3. The van der Waals surface area contributed by atoms with Gasteiger partial charge in [0.1, 0.15) is 0 Å². The molecule has 0 spiro atoms. The molecule has 3 aromatic heterocycles. The van der Waals surface area contributed by atoms with Crippen LogP contribution in [0.25, 0.3) is 16.9 Å². The minimum atomic E-state index is -0.0612. The molecule has 0 unspecified atom stereocenters. The van der Waals surface area contributed by atoms with Crippen molar-refractivity contribution < 1.29 is 4.79 Å². The summed E-state index contributed by atoms with van der Waals surface area (Å²) in [6, 6.07) is 11.5. The molecule has 0 saturated carbocycles. The van der Waals surface area contributed by atoms with E-state index in [2.05, 4.69) is 25.6 Å². The van der Waals surface area contributed by atoms with Crippen molar-refractivity contribution in [3.63, 3.8) is 0 Å². The van der Waals surface area contributed by atoms with Crippen LogP contribution in [0, 0.1) is 0 Å². The first-order chi connectivity index (χ1) is 14.7. The molecule has 1 N–H and O–H groups in total. The second-order valence-corrected chi connectivity index (χ2v) is 8.27. The number of rotatable bonds is 8. The average molecular weight is 436 g/mol. The molecule has 1 aromatic carbocycles. The number of thiazole rings is 1. The molecule has 8 heteroatoms. The Morgan fingerprint density at radius 1 is 1.13 bits per heavy atom. The molecule has 1 amide bonds. The number of aromatic nitrogens is 4. The Morgan fingerprint density at radius 2 is 1.93 bits per heavy atom. The summed E-state index contributed by atoms with van der Waals surface area (Å²) >= 11 is 3.23. The van der Waals surface area contributed by atoms with Crippen LogP contribution in [-0.4, -0.2) is 38.2 Å². The number of imidazole rings is 1. The van der Waals surface area contributed by atoms with Crippen LogP contribution in [0.5, 0.6) is 0 Å². The highest BCUT2D eigenvalue weighted by Crippen LogP contribution is 2.22. The van der Waals surface area contributed by atoms with Gasteiger partial charge in [-0.05, 0) is 49.1 Å². The lowest BCUT2D eigenvalue weighted by atomic mass is 10.2. The first-order valence-corrected chi connectivity index (χ1v) is 11.7. The highest BCUT2D eigenvalue weighted by Gasteiger charge is 2.08. The molecular weight excluding hydrogens is 414 g/mol. The van der Waals surface area contributed by atoms with Crippen LogP contribution < -0.4 is 5.32 Å². The van der Waals surface area contributed by atoms with Gasteiger partial charge in [0.05, 0.1) is 10.7 Å². The second kappa shape index (κ2) is 9.69. The van der Waals surface area contributed by atoms with Crippen molar-refractivity contribution in [3.05, 3.63) is 77.1 Å². The van der Waals surface area contributed by atoms with Gasteiger partial charge in [0.25, 0.3) is 5.91 Å². The number of hydrogen-bond acceptors (Lipinski definition) is 6. The summed E-state index contributed by atoms with van der Waals surface area (Å²) in [5.74, 6) is -0.0612. The van der Waals surface area contributed by atoms with E-state index in [1.165, 1.54) is 0 Å². The number of nitrogens with zero attached hydrogens (tertiary/aromatic N) is 4. The maximum Gasteiger partial charge on any atom is 0.251 e. The number of aryl methyl sites for hydroxylation is 1. The number of carbonyl (C=O) groups excluding carboxylic acids is 1. The molecule has 0 aliphatic rings. The van der Waals surface area contributed by atoms with E-state index in [4.69, 9.17) is 0 Å². The molecule has 4 aromatic rings. The zero-order valence-electron chi connectivity index (χ0n) is 16.5. The topological polar surface area (TPSA) is 72.7 Å². The van der Waals surface area contributed by atoms with Crippen molar-refractivity contribution in [2.45, 2.75) is 18.0 Å². The standard InChI is InChI=1S/C22H21N5OS2/c1-29-22-25-13-14-27(22)18-6-4-17(5-7-18)21(28)24-10-2-3-20-26-19(15-30-20)16-8-11-23-12-9-16/h4-9,11-15H,2-3,10H2,1H3,(H,24,28). The van der Waals surface area contributed by atoms with Crippen molar-refractivity contribution in [1.82, 2.24) is 24.8 Å². The molecule has 0 aliphatic carbocycles. The lowest BCUT2D eigenvalue weighted by molar-refractivity contribution is 0.0953. The predicted octanol–water partition coefficient (Wildman–Crippen LogP) is 4.48. The third-order valence-electron chi connectivity index (χ3n) is 4.58. The Morgan fingerprint density at radius 3 is 2.70 bits per heavy atom. The van der Waals surface area contributed by atoms with E-state index in [-0.39, 0.29) is 5.91 Å². The van der Waals surface area contributed by atoms with Crippen molar-refractivity contribution in [2.24, 2.45) is 0 Å². The van der Waals surface area contributed by atoms with Gasteiger partial charge < -0.3 is 5.32 Å². The fraction of sp³-hybridized carbons (Fsp3) is 0.182. The number of pyridine rings is 1. The van der Waals surface area contributed by atoms with E-state index in [1.807, 2.05) is 53.4 Å². The Hall–Kier alpha value is -2.97. The van der Waals surface area contributed by atoms with Gasteiger partial charge in [-0.3, -0.25) is 14.3 Å². The van der Waals surface area contributed by atoms with Gasteiger partial charge in [-0.2, -0.15) is 0 Å². The van der Waals surface area contributed by atoms with Crippen LogP contribution in [-0.2, 0) is 6.42 Å². The molecule has 30 heavy (non-hydrogen) atoms. The Labute approximate surface area is 183 Å². The van der Waals surface area contributed by atoms with Crippen molar-refractivity contribution >= 4 is 29.0 Å². The summed E-state index contributed by atoms with van der Waals surface area (Å²) in [6.07, 6.45) is 10.9. The summed E-state index contributed by atoms with van der Waals surface area (Å²) in [6.45, 7) is 0.614. The van der Waals surface area contributed by atoms with E-state index in [0.717, 1.165) is 40.0 Å². The molecule has 3 heterocycles. The number of benzene rings is 1. The second-order valence-electron chi connectivity index (χ2n) is 6.55. The third kappa shape index (κ3) is 4.77. The Bertz CT molecular complexity index is 1110. The number of thioether (sulfide) groups is 1. The van der Waals surface area contributed by atoms with E-state index in [1.54, 1.807) is 41.7 Å². The monoisotopic (exact) mass is 435 g/mol. The van der Waals surface area contributed by atoms with E-state index in [0.29, 0.717) is 12.1 Å². The number of hydrogen-bond donors (Lipinski definition) is 1. The maximum atomic E-state index is 12.4. The number of carbonyl (C=O) groups is 1. The average Bonchev–Trinajstić information content (AvgIpc) is 3.47. The van der Waals surface area contributed by atoms with Crippen LogP contribution in [0.3, 0.4) is 0 Å². The van der Waals surface area contributed by atoms with Crippen LogP contribution in [0.15, 0.2) is 71.7 Å². The lowest BCUT2D eigenvalue weighted by Gasteiger charge is -2.08. The molecule has 0 fully saturated rings. The number of amides is 1. The van der Waals surface area contributed by atoms with Gasteiger partial charge in [0.2, 0.25) is 0 Å². The molecule has 0 aliphatic heterocycles. The molecule has 4 rings (SSSR count). The third-order valence-corrected chi connectivity index (χ3v) is 6.15. The summed E-state index contributed by atoms with van der Waals surface area (Å²) in [4.78, 5) is 25.4. The fourth-order valence-electron chi connectivity index (χ4n) is 3.04. The molecule has 6 nitrogen and oxygen atoms in total. The van der Waals surface area contributed by atoms with E-state index >= 15 is 0 Å². The molecular formula is C22H21N5OS2. The molecule has 0 saturated heterocycles. The minimum absolute atomic E-state index is 0.0612. The van der Waals surface area contributed by atoms with Gasteiger partial charge in [-0.1, -0.05) is 11.8 Å². The zero-order chi connectivity index (χ0) is 20.8. The summed E-state index contributed by atoms with van der Waals surface area (Å²) < 4.78 is 2.00. The predicted molar refractivity (Wildman–Crippen MR) is 121 cm³/mol. The summed E-state index contributed by atoms with van der Waals surface area (Å²) in [5.41, 5.74) is 3.69. The van der Waals surface area contributed by atoms with Crippen LogP contribution >= 0.6 is 23.1 Å². The smallest absolute Gasteiger partial charge is 0.251 e. The van der Waals surface area contributed by atoms with E-state index < -0.39 is 0 Å². The number of nitrogens with one attached hydrogen (secondary N) is 1. The fourth-order valence-corrected chi connectivity index (χ4v) is 4.41. The molecule has 0 radical (unpaired) electrons. The Kier molecular flexibility index (Phi) is 6.56. The van der Waals surface area contributed by atoms with Crippen LogP contribution in [0.4, 0.5) is 0 Å². The minimum Gasteiger partial charge on any atom is -0.352 e. The SMILES string of the molecule is CSc1nccn1-c1ccc(C(=O)NCCCc2nc(-c3ccncc3)cs2)cc1. The lowest BCUT2D eigenvalue weighted by Crippen LogP contribution is -2.24. The Balaban J connectivity index is 1.27. The van der Waals surface area contributed by atoms with E-state index in [9.17, 15) is 4.79 Å². The molecule has 0 bridgehead atoms. The van der Waals surface area contributed by atoms with Crippen molar-refractivity contribution in [3.8, 4) is 16.9 Å². The first-order valence-electron chi connectivity index (χ1n) is 9.55. The van der Waals surface area contributed by atoms with Crippen molar-refractivity contribution in [2.75, 3.05) is 12.8 Å².